The first-order valence-electron chi connectivity index (χ1n) is 8.94. The number of nitrogens with zero attached hydrogens (tertiary/aromatic N) is 3. The van der Waals surface area contributed by atoms with Gasteiger partial charge in [-0.3, -0.25) is 9.48 Å². The Morgan fingerprint density at radius 1 is 1.22 bits per heavy atom. The maximum absolute atomic E-state index is 12.5. The lowest BCUT2D eigenvalue weighted by molar-refractivity contribution is -0.116. The van der Waals surface area contributed by atoms with Crippen molar-refractivity contribution in [3.63, 3.8) is 0 Å². The van der Waals surface area contributed by atoms with Gasteiger partial charge in [0.05, 0.1) is 17.9 Å². The third kappa shape index (κ3) is 4.39. The minimum absolute atomic E-state index is 0.122. The van der Waals surface area contributed by atoms with Gasteiger partial charge in [0.1, 0.15) is 4.90 Å². The highest BCUT2D eigenvalue weighted by molar-refractivity contribution is 7.89. The highest BCUT2D eigenvalue weighted by atomic mass is 32.2. The van der Waals surface area contributed by atoms with Crippen molar-refractivity contribution in [2.45, 2.75) is 52.0 Å². The average molecular weight is 393 g/mol. The molecular weight excluding hydrogens is 364 g/mol. The van der Waals surface area contributed by atoms with Crippen molar-refractivity contribution in [2.75, 3.05) is 19.4 Å². The number of aryl methyl sites for hydroxylation is 4. The van der Waals surface area contributed by atoms with Crippen LogP contribution < -0.4 is 5.32 Å². The smallest absolute Gasteiger partial charge is 0.246 e. The van der Waals surface area contributed by atoms with Gasteiger partial charge in [-0.2, -0.15) is 5.10 Å². The lowest BCUT2D eigenvalue weighted by Crippen LogP contribution is -2.23. The van der Waals surface area contributed by atoms with Crippen LogP contribution in [0.3, 0.4) is 0 Å². The van der Waals surface area contributed by atoms with Crippen LogP contribution in [0.1, 0.15) is 35.9 Å². The standard InChI is InChI=1S/C19H28N4O3S/c1-7-16-10-8-9-13(2)18(16)20-17(24)11-12-23-15(4)19(14(3)21-23)27(25,26)22(5)6/h8-10H,7,11-12H2,1-6H3,(H,20,24). The molecule has 0 atom stereocenters. The number of carbonyl (C=O) groups is 1. The Balaban J connectivity index is 2.16. The number of carbonyl (C=O) groups excluding carboxylic acids is 1. The monoisotopic (exact) mass is 392 g/mol. The van der Waals surface area contributed by atoms with Crippen LogP contribution in [-0.4, -0.2) is 42.5 Å². The summed E-state index contributed by atoms with van der Waals surface area (Å²) in [5, 5.41) is 7.30. The fourth-order valence-corrected chi connectivity index (χ4v) is 4.32. The highest BCUT2D eigenvalue weighted by Crippen LogP contribution is 2.23. The van der Waals surface area contributed by atoms with Crippen LogP contribution in [0.2, 0.25) is 0 Å². The van der Waals surface area contributed by atoms with E-state index in [-0.39, 0.29) is 17.2 Å². The van der Waals surface area contributed by atoms with Crippen LogP contribution in [0, 0.1) is 20.8 Å². The number of benzene rings is 1. The number of hydrogen-bond acceptors (Lipinski definition) is 4. The van der Waals surface area contributed by atoms with Crippen molar-refractivity contribution < 1.29 is 13.2 Å². The number of sulfonamides is 1. The van der Waals surface area contributed by atoms with Gasteiger partial charge in [0.15, 0.2) is 0 Å². The molecule has 0 radical (unpaired) electrons. The quantitative estimate of drug-likeness (QED) is 0.785. The van der Waals surface area contributed by atoms with E-state index in [0.717, 1.165) is 23.2 Å². The number of amides is 1. The zero-order chi connectivity index (χ0) is 20.4. The molecule has 1 aromatic carbocycles. The Kier molecular flexibility index (Phi) is 6.43. The van der Waals surface area contributed by atoms with Gasteiger partial charge in [0.25, 0.3) is 0 Å². The molecule has 0 bridgehead atoms. The van der Waals surface area contributed by atoms with Crippen LogP contribution in [0.5, 0.6) is 0 Å². The molecule has 1 N–H and O–H groups in total. The Morgan fingerprint density at radius 3 is 2.48 bits per heavy atom. The zero-order valence-electron chi connectivity index (χ0n) is 16.8. The van der Waals surface area contributed by atoms with Crippen LogP contribution in [0.25, 0.3) is 0 Å². The number of para-hydroxylation sites is 1. The van der Waals surface area contributed by atoms with Crippen molar-refractivity contribution >= 4 is 21.6 Å². The van der Waals surface area contributed by atoms with E-state index in [1.807, 2.05) is 32.0 Å². The second-order valence-corrected chi connectivity index (χ2v) is 8.86. The van der Waals surface area contributed by atoms with Crippen LogP contribution >= 0.6 is 0 Å². The topological polar surface area (TPSA) is 84.3 Å². The molecule has 2 aromatic rings. The highest BCUT2D eigenvalue weighted by Gasteiger charge is 2.26. The van der Waals surface area contributed by atoms with Crippen molar-refractivity contribution in [3.8, 4) is 0 Å². The molecule has 0 saturated carbocycles. The van der Waals surface area contributed by atoms with Crippen molar-refractivity contribution in [3.05, 3.63) is 40.7 Å². The zero-order valence-corrected chi connectivity index (χ0v) is 17.6. The van der Waals surface area contributed by atoms with Gasteiger partial charge in [-0.1, -0.05) is 25.1 Å². The number of hydrogen-bond donors (Lipinski definition) is 1. The predicted molar refractivity (Wildman–Crippen MR) is 106 cm³/mol. The second-order valence-electron chi connectivity index (χ2n) is 6.77. The molecule has 2 rings (SSSR count). The normalized spacial score (nSPS) is 11.8. The van der Waals surface area contributed by atoms with Gasteiger partial charge in [0, 0.05) is 26.2 Å². The largest absolute Gasteiger partial charge is 0.326 e. The van der Waals surface area contributed by atoms with E-state index >= 15 is 0 Å². The molecule has 0 fully saturated rings. The van der Waals surface area contributed by atoms with E-state index in [1.165, 1.54) is 18.4 Å². The molecule has 0 unspecified atom stereocenters. The molecular formula is C19H28N4O3S. The summed E-state index contributed by atoms with van der Waals surface area (Å²) in [6.45, 7) is 7.71. The van der Waals surface area contributed by atoms with E-state index in [1.54, 1.807) is 18.5 Å². The average Bonchev–Trinajstić information content (AvgIpc) is 2.88. The maximum Gasteiger partial charge on any atom is 0.246 e. The van der Waals surface area contributed by atoms with Gasteiger partial charge >= 0.3 is 0 Å². The molecule has 1 aromatic heterocycles. The molecule has 0 aliphatic heterocycles. The first-order chi connectivity index (χ1) is 12.6. The minimum Gasteiger partial charge on any atom is -0.326 e. The molecule has 0 aliphatic rings. The fourth-order valence-electron chi connectivity index (χ4n) is 3.07. The van der Waals surface area contributed by atoms with Gasteiger partial charge in [0.2, 0.25) is 15.9 Å². The van der Waals surface area contributed by atoms with Crippen molar-refractivity contribution in [1.82, 2.24) is 14.1 Å². The van der Waals surface area contributed by atoms with E-state index in [4.69, 9.17) is 0 Å². The van der Waals surface area contributed by atoms with Crippen molar-refractivity contribution in [1.29, 1.82) is 0 Å². The molecule has 1 heterocycles. The maximum atomic E-state index is 12.5. The lowest BCUT2D eigenvalue weighted by Gasteiger charge is -2.13. The van der Waals surface area contributed by atoms with E-state index in [0.29, 0.717) is 17.9 Å². The Hall–Kier alpha value is -2.19. The number of aromatic nitrogens is 2. The summed E-state index contributed by atoms with van der Waals surface area (Å²) >= 11 is 0. The third-order valence-electron chi connectivity index (χ3n) is 4.61. The first-order valence-corrected chi connectivity index (χ1v) is 10.4. The van der Waals surface area contributed by atoms with Gasteiger partial charge in [-0.15, -0.1) is 0 Å². The predicted octanol–water partition coefficient (Wildman–Crippen LogP) is 2.65. The number of anilines is 1. The molecule has 8 heteroatoms. The van der Waals surface area contributed by atoms with E-state index in [9.17, 15) is 13.2 Å². The summed E-state index contributed by atoms with van der Waals surface area (Å²) in [5.41, 5.74) is 3.95. The summed E-state index contributed by atoms with van der Waals surface area (Å²) in [4.78, 5) is 12.6. The summed E-state index contributed by atoms with van der Waals surface area (Å²) in [6.07, 6.45) is 1.04. The van der Waals surface area contributed by atoms with Gasteiger partial charge in [-0.05, 0) is 38.3 Å². The minimum atomic E-state index is -3.57. The van der Waals surface area contributed by atoms with Crippen molar-refractivity contribution in [2.24, 2.45) is 0 Å². The Labute approximate surface area is 161 Å². The van der Waals surface area contributed by atoms with Crippen LogP contribution in [0.15, 0.2) is 23.1 Å². The van der Waals surface area contributed by atoms with Gasteiger partial charge < -0.3 is 5.32 Å². The Morgan fingerprint density at radius 2 is 1.89 bits per heavy atom. The second kappa shape index (κ2) is 8.22. The molecule has 148 valence electrons. The summed E-state index contributed by atoms with van der Waals surface area (Å²) < 4.78 is 27.7. The fraction of sp³-hybridized carbons (Fsp3) is 0.474. The molecule has 0 aliphatic carbocycles. The van der Waals surface area contributed by atoms with E-state index in [2.05, 4.69) is 10.4 Å². The summed E-state index contributed by atoms with van der Waals surface area (Å²) in [6, 6.07) is 5.95. The van der Waals surface area contributed by atoms with E-state index < -0.39 is 10.0 Å². The molecule has 1 amide bonds. The number of rotatable bonds is 7. The van der Waals surface area contributed by atoms with Crippen LogP contribution in [0.4, 0.5) is 5.69 Å². The Bertz CT molecular complexity index is 946. The van der Waals surface area contributed by atoms with Crippen LogP contribution in [-0.2, 0) is 27.8 Å². The molecule has 27 heavy (non-hydrogen) atoms. The molecule has 0 saturated heterocycles. The lowest BCUT2D eigenvalue weighted by atomic mass is 10.1. The SMILES string of the molecule is CCc1cccc(C)c1NC(=O)CCn1nc(C)c(S(=O)(=O)N(C)C)c1C. The van der Waals surface area contributed by atoms with Gasteiger partial charge in [-0.25, -0.2) is 12.7 Å². The molecule has 0 spiro atoms. The summed E-state index contributed by atoms with van der Waals surface area (Å²) in [7, 11) is -0.585. The summed E-state index contributed by atoms with van der Waals surface area (Å²) in [5.74, 6) is -0.122. The third-order valence-corrected chi connectivity index (χ3v) is 6.68. The first kappa shape index (κ1) is 21.1. The molecule has 7 nitrogen and oxygen atoms in total. The number of nitrogens with one attached hydrogen (secondary N) is 1.